The Labute approximate surface area is 77.3 Å². The van der Waals surface area contributed by atoms with E-state index in [1.54, 1.807) is 11.3 Å². The molecule has 1 aromatic heterocycles. The van der Waals surface area contributed by atoms with Gasteiger partial charge in [0.25, 0.3) is 0 Å². The van der Waals surface area contributed by atoms with Gasteiger partial charge in [0.15, 0.2) is 0 Å². The van der Waals surface area contributed by atoms with E-state index in [4.69, 9.17) is 5.11 Å². The van der Waals surface area contributed by atoms with Gasteiger partial charge in [-0.3, -0.25) is 0 Å². The van der Waals surface area contributed by atoms with Crippen LogP contribution in [0.1, 0.15) is 36.3 Å². The number of rotatable bonds is 1. The van der Waals surface area contributed by atoms with Crippen molar-refractivity contribution < 1.29 is 5.11 Å². The minimum Gasteiger partial charge on any atom is -0.389 e. The Morgan fingerprint density at radius 3 is 2.25 bits per heavy atom. The van der Waals surface area contributed by atoms with Gasteiger partial charge in [0.1, 0.15) is 5.01 Å². The zero-order chi connectivity index (χ0) is 9.35. The maximum absolute atomic E-state index is 8.89. The van der Waals surface area contributed by atoms with Gasteiger partial charge in [-0.15, -0.1) is 11.3 Å². The second kappa shape index (κ2) is 3.15. The van der Waals surface area contributed by atoms with Crippen molar-refractivity contribution in [2.75, 3.05) is 0 Å². The fourth-order valence-corrected chi connectivity index (χ4v) is 2.20. The average Bonchev–Trinajstić information content (AvgIpc) is 2.29. The van der Waals surface area contributed by atoms with Gasteiger partial charge in [0.2, 0.25) is 0 Å². The molecular formula is C9H15NOS. The predicted octanol–water partition coefficient (Wildman–Crippen LogP) is 2.24. The highest BCUT2D eigenvalue weighted by atomic mass is 32.1. The molecule has 2 nitrogen and oxygen atoms in total. The van der Waals surface area contributed by atoms with E-state index in [0.29, 0.717) is 0 Å². The zero-order valence-corrected chi connectivity index (χ0v) is 8.83. The van der Waals surface area contributed by atoms with Crippen LogP contribution in [-0.2, 0) is 12.0 Å². The average molecular weight is 185 g/mol. The number of aliphatic hydroxyl groups is 1. The molecule has 1 aromatic rings. The van der Waals surface area contributed by atoms with E-state index in [0.717, 1.165) is 10.7 Å². The third-order valence-electron chi connectivity index (χ3n) is 1.66. The summed E-state index contributed by atoms with van der Waals surface area (Å²) in [5, 5.41) is 9.71. The summed E-state index contributed by atoms with van der Waals surface area (Å²) in [6, 6.07) is 0. The monoisotopic (exact) mass is 185 g/mol. The molecule has 0 saturated carbocycles. The van der Waals surface area contributed by atoms with Crippen LogP contribution >= 0.6 is 11.3 Å². The predicted molar refractivity (Wildman–Crippen MR) is 51.5 cm³/mol. The topological polar surface area (TPSA) is 33.1 Å². The van der Waals surface area contributed by atoms with Crippen LogP contribution in [-0.4, -0.2) is 10.1 Å². The normalized spacial score (nSPS) is 12.1. The molecule has 0 aliphatic rings. The van der Waals surface area contributed by atoms with E-state index in [1.165, 1.54) is 4.88 Å². The first-order valence-electron chi connectivity index (χ1n) is 4.03. The Kier molecular flexibility index (Phi) is 2.54. The molecule has 0 aliphatic heterocycles. The minimum atomic E-state index is 0.0571. The van der Waals surface area contributed by atoms with E-state index in [-0.39, 0.29) is 12.0 Å². The van der Waals surface area contributed by atoms with Gasteiger partial charge in [-0.2, -0.15) is 0 Å². The molecule has 1 N–H and O–H groups in total. The highest BCUT2D eigenvalue weighted by Crippen LogP contribution is 2.30. The molecule has 0 bridgehead atoms. The van der Waals surface area contributed by atoms with Crippen molar-refractivity contribution in [1.29, 1.82) is 0 Å². The lowest BCUT2D eigenvalue weighted by Gasteiger charge is -2.16. The SMILES string of the molecule is Cc1nc(CO)sc1C(C)(C)C. The van der Waals surface area contributed by atoms with Crippen LogP contribution in [0.5, 0.6) is 0 Å². The van der Waals surface area contributed by atoms with Crippen molar-refractivity contribution in [3.8, 4) is 0 Å². The van der Waals surface area contributed by atoms with Crippen LogP contribution in [0.4, 0.5) is 0 Å². The highest BCUT2D eigenvalue weighted by Gasteiger charge is 2.20. The Bertz CT molecular complexity index is 273. The summed E-state index contributed by atoms with van der Waals surface area (Å²) in [5.41, 5.74) is 1.20. The maximum atomic E-state index is 8.89. The smallest absolute Gasteiger partial charge is 0.119 e. The summed E-state index contributed by atoms with van der Waals surface area (Å²) < 4.78 is 0. The van der Waals surface area contributed by atoms with Crippen molar-refractivity contribution >= 4 is 11.3 Å². The molecule has 0 aromatic carbocycles. The van der Waals surface area contributed by atoms with E-state index in [1.807, 2.05) is 6.92 Å². The molecule has 3 heteroatoms. The molecule has 0 radical (unpaired) electrons. The summed E-state index contributed by atoms with van der Waals surface area (Å²) in [7, 11) is 0. The van der Waals surface area contributed by atoms with E-state index < -0.39 is 0 Å². The summed E-state index contributed by atoms with van der Waals surface area (Å²) in [6.45, 7) is 8.54. The number of hydrogen-bond acceptors (Lipinski definition) is 3. The summed E-state index contributed by atoms with van der Waals surface area (Å²) >= 11 is 1.61. The molecule has 0 unspecified atom stereocenters. The van der Waals surface area contributed by atoms with Crippen LogP contribution in [0.15, 0.2) is 0 Å². The molecule has 68 valence electrons. The van der Waals surface area contributed by atoms with Crippen LogP contribution in [0.3, 0.4) is 0 Å². The van der Waals surface area contributed by atoms with E-state index in [9.17, 15) is 0 Å². The van der Waals surface area contributed by atoms with Crippen LogP contribution < -0.4 is 0 Å². The van der Waals surface area contributed by atoms with Crippen molar-refractivity contribution in [2.45, 2.75) is 39.7 Å². The second-order valence-corrected chi connectivity index (χ2v) is 5.01. The Morgan fingerprint density at radius 1 is 1.42 bits per heavy atom. The summed E-state index contributed by atoms with van der Waals surface area (Å²) in [6.07, 6.45) is 0. The fourth-order valence-electron chi connectivity index (χ4n) is 1.22. The number of aromatic nitrogens is 1. The molecule has 0 saturated heterocycles. The van der Waals surface area contributed by atoms with Crippen LogP contribution in [0, 0.1) is 6.92 Å². The summed E-state index contributed by atoms with van der Waals surface area (Å²) in [5.74, 6) is 0. The van der Waals surface area contributed by atoms with Crippen molar-refractivity contribution in [3.63, 3.8) is 0 Å². The first kappa shape index (κ1) is 9.68. The summed E-state index contributed by atoms with van der Waals surface area (Å²) in [4.78, 5) is 5.53. The van der Waals surface area contributed by atoms with Gasteiger partial charge in [-0.25, -0.2) is 4.98 Å². The third-order valence-corrected chi connectivity index (χ3v) is 3.23. The third kappa shape index (κ3) is 1.84. The van der Waals surface area contributed by atoms with E-state index >= 15 is 0 Å². The van der Waals surface area contributed by atoms with Crippen molar-refractivity contribution in [3.05, 3.63) is 15.6 Å². The van der Waals surface area contributed by atoms with Gasteiger partial charge in [-0.1, -0.05) is 20.8 Å². The first-order valence-corrected chi connectivity index (χ1v) is 4.84. The number of aliphatic hydroxyl groups excluding tert-OH is 1. The van der Waals surface area contributed by atoms with Gasteiger partial charge < -0.3 is 5.11 Å². The maximum Gasteiger partial charge on any atom is 0.119 e. The molecule has 0 spiro atoms. The molecule has 0 aliphatic carbocycles. The lowest BCUT2D eigenvalue weighted by molar-refractivity contribution is 0.281. The van der Waals surface area contributed by atoms with Crippen LogP contribution in [0.2, 0.25) is 0 Å². The number of hydrogen-bond donors (Lipinski definition) is 1. The van der Waals surface area contributed by atoms with Crippen LogP contribution in [0.25, 0.3) is 0 Å². The number of aryl methyl sites for hydroxylation is 1. The Morgan fingerprint density at radius 2 is 2.00 bits per heavy atom. The number of thiazole rings is 1. The highest BCUT2D eigenvalue weighted by molar-refractivity contribution is 7.11. The zero-order valence-electron chi connectivity index (χ0n) is 8.01. The van der Waals surface area contributed by atoms with Gasteiger partial charge >= 0.3 is 0 Å². The first-order chi connectivity index (χ1) is 5.45. The van der Waals surface area contributed by atoms with Gasteiger partial charge in [-0.05, 0) is 12.3 Å². The Balaban J connectivity index is 3.08. The van der Waals surface area contributed by atoms with E-state index in [2.05, 4.69) is 25.8 Å². The van der Waals surface area contributed by atoms with Gasteiger partial charge in [0.05, 0.1) is 12.3 Å². The fraction of sp³-hybridized carbons (Fsp3) is 0.667. The molecular weight excluding hydrogens is 170 g/mol. The lowest BCUT2D eigenvalue weighted by Crippen LogP contribution is -2.10. The molecule has 1 heterocycles. The van der Waals surface area contributed by atoms with Crippen molar-refractivity contribution in [2.24, 2.45) is 0 Å². The Hall–Kier alpha value is -0.410. The minimum absolute atomic E-state index is 0.0571. The molecule has 0 atom stereocenters. The molecule has 12 heavy (non-hydrogen) atoms. The molecule has 0 fully saturated rings. The lowest BCUT2D eigenvalue weighted by atomic mass is 9.94. The largest absolute Gasteiger partial charge is 0.389 e. The number of nitrogens with zero attached hydrogens (tertiary/aromatic N) is 1. The molecule has 0 amide bonds. The van der Waals surface area contributed by atoms with Gasteiger partial charge in [0, 0.05) is 4.88 Å². The van der Waals surface area contributed by atoms with Crippen molar-refractivity contribution in [1.82, 2.24) is 4.98 Å². The standard InChI is InChI=1S/C9H15NOS/c1-6-8(9(2,3)4)12-7(5-11)10-6/h11H,5H2,1-4H3. The second-order valence-electron chi connectivity index (χ2n) is 3.93. The quantitative estimate of drug-likeness (QED) is 0.728. The molecule has 1 rings (SSSR count).